The van der Waals surface area contributed by atoms with Gasteiger partial charge in [-0.1, -0.05) is 61.6 Å². The zero-order valence-electron chi connectivity index (χ0n) is 29.5. The van der Waals surface area contributed by atoms with Crippen LogP contribution in [0.4, 0.5) is 0 Å². The molecule has 6 aliphatic rings. The Balaban J connectivity index is 0.000000142. The van der Waals surface area contributed by atoms with Gasteiger partial charge in [0, 0.05) is 0 Å². The summed E-state index contributed by atoms with van der Waals surface area (Å²) in [4.78, 5) is 0. The molecule has 4 aromatic rings. The summed E-state index contributed by atoms with van der Waals surface area (Å²) in [5.74, 6) is 3.82. The second-order valence-electron chi connectivity index (χ2n) is 15.3. The van der Waals surface area contributed by atoms with Crippen LogP contribution in [0.2, 0.25) is 0 Å². The first kappa shape index (κ1) is 37.9. The van der Waals surface area contributed by atoms with E-state index in [4.69, 9.17) is 0 Å². The van der Waals surface area contributed by atoms with Crippen molar-refractivity contribution in [1.82, 2.24) is 0 Å². The molecule has 4 fully saturated rings. The maximum atomic E-state index is 3.57. The van der Waals surface area contributed by atoms with Crippen molar-refractivity contribution in [1.29, 1.82) is 0 Å². The van der Waals surface area contributed by atoms with Gasteiger partial charge < -0.3 is 24.8 Å². The van der Waals surface area contributed by atoms with Gasteiger partial charge in [-0.2, -0.15) is 41.5 Å². The van der Waals surface area contributed by atoms with Gasteiger partial charge in [-0.3, -0.25) is 6.08 Å². The summed E-state index contributed by atoms with van der Waals surface area (Å²) < 4.78 is 1.42. The Bertz CT molecular complexity index is 1680. The molecule has 0 amide bonds. The van der Waals surface area contributed by atoms with Crippen molar-refractivity contribution in [3.8, 4) is 11.1 Å². The first-order valence-corrected chi connectivity index (χ1v) is 19.1. The van der Waals surface area contributed by atoms with Gasteiger partial charge in [-0.25, -0.2) is 5.57 Å². The van der Waals surface area contributed by atoms with Crippen molar-refractivity contribution in [2.75, 3.05) is 0 Å². The number of halogens is 2. The zero-order chi connectivity index (χ0) is 32.5. The number of fused-ring (bicyclic) bond motifs is 3. The van der Waals surface area contributed by atoms with Crippen molar-refractivity contribution in [2.24, 2.45) is 29.1 Å². The second kappa shape index (κ2) is 16.4. The minimum atomic E-state index is 0. The first-order chi connectivity index (χ1) is 22.7. The van der Waals surface area contributed by atoms with Crippen LogP contribution in [0.25, 0.3) is 11.1 Å². The minimum Gasteiger partial charge on any atom is -1.00 e. The average molecular weight is 763 g/mol. The molecule has 4 saturated carbocycles. The van der Waals surface area contributed by atoms with Crippen LogP contribution in [0.15, 0.2) is 108 Å². The third kappa shape index (κ3) is 8.78. The Morgan fingerprint density at radius 2 is 1.24 bits per heavy atom. The minimum absolute atomic E-state index is 0. The molecule has 0 nitrogen and oxygen atoms in total. The molecule has 10 rings (SSSR count). The number of rotatable bonds is 4. The Morgan fingerprint density at radius 3 is 1.78 bits per heavy atom. The maximum absolute atomic E-state index is 3.57. The van der Waals surface area contributed by atoms with Crippen LogP contribution in [0.5, 0.6) is 0 Å². The molecule has 6 aliphatic carbocycles. The number of hydrogen-bond acceptors (Lipinski definition) is 0. The van der Waals surface area contributed by atoms with Crippen LogP contribution in [0.3, 0.4) is 0 Å². The van der Waals surface area contributed by atoms with Crippen molar-refractivity contribution >= 4 is 3.21 Å². The molecule has 0 heterocycles. The van der Waals surface area contributed by atoms with E-state index in [1.54, 1.807) is 44.1 Å². The van der Waals surface area contributed by atoms with Crippen molar-refractivity contribution < 1.29 is 49.0 Å². The van der Waals surface area contributed by atoms with Gasteiger partial charge in [0.05, 0.1) is 0 Å². The second-order valence-corrected chi connectivity index (χ2v) is 16.6. The van der Waals surface area contributed by atoms with Crippen LogP contribution in [0, 0.1) is 55.1 Å². The van der Waals surface area contributed by atoms with Crippen molar-refractivity contribution in [3.63, 3.8) is 0 Å². The number of hydrogen-bond donors (Lipinski definition) is 0. The van der Waals surface area contributed by atoms with Crippen LogP contribution < -0.4 is 24.8 Å². The summed E-state index contributed by atoms with van der Waals surface area (Å²) in [6, 6.07) is 35.6. The fraction of sp³-hybridized carbons (Fsp3) is 0.370. The molecule has 0 N–H and O–H groups in total. The van der Waals surface area contributed by atoms with Crippen LogP contribution >= 0.6 is 0 Å². The van der Waals surface area contributed by atoms with E-state index < -0.39 is 0 Å². The van der Waals surface area contributed by atoms with Gasteiger partial charge in [-0.05, 0) is 68.1 Å². The molecular weight excluding hydrogens is 715 g/mol. The molecule has 4 bridgehead atoms. The Labute approximate surface area is 323 Å². The molecule has 0 radical (unpaired) electrons. The van der Waals surface area contributed by atoms with E-state index >= 15 is 0 Å². The molecular formula is C46H48Cl2Zr-2. The van der Waals surface area contributed by atoms with Gasteiger partial charge in [0.25, 0.3) is 0 Å². The van der Waals surface area contributed by atoms with E-state index in [2.05, 4.69) is 131 Å². The molecule has 4 aromatic carbocycles. The average Bonchev–Trinajstić information content (AvgIpc) is 3.59. The topological polar surface area (TPSA) is 0 Å². The standard InChI is InChI=1S/C18H25.C15H14.C13H9.2ClH.Zr/c1-12-3-13(2)17(4-12)11-18-8-14-5-15(9-18)7-16(6-14)10-18;1-12-3-7-14(8-4-12)11-15-9-5-13(2)6-10-15;1-3-7-12-10(5-1)9-11-6-2-4-8-13(11)12;;;/h4,12,14-16H,5-11H2,1-2H3;3-10H,1-2H3;1-5,7-8H,9H2;2*1H;/q-1;;-1;;;+2/p-2. The van der Waals surface area contributed by atoms with E-state index in [1.807, 2.05) is 6.07 Å². The van der Waals surface area contributed by atoms with Gasteiger partial charge in [0.15, 0.2) is 0 Å². The van der Waals surface area contributed by atoms with E-state index in [-0.39, 0.29) is 24.8 Å². The van der Waals surface area contributed by atoms with Crippen LogP contribution in [-0.4, -0.2) is 3.21 Å². The third-order valence-corrected chi connectivity index (χ3v) is 12.8. The van der Waals surface area contributed by atoms with Gasteiger partial charge >= 0.3 is 112 Å². The summed E-state index contributed by atoms with van der Waals surface area (Å²) in [5.41, 5.74) is 14.6. The molecule has 49 heavy (non-hydrogen) atoms. The third-order valence-electron chi connectivity index (χ3n) is 11.4. The fourth-order valence-corrected chi connectivity index (χ4v) is 10.4. The quantitative estimate of drug-likeness (QED) is 0.215. The van der Waals surface area contributed by atoms with Gasteiger partial charge in [-0.15, -0.1) is 5.56 Å². The monoisotopic (exact) mass is 760 g/mol. The number of benzene rings is 4. The normalized spacial score (nSPS) is 24.8. The largest absolute Gasteiger partial charge is 1.00 e. The zero-order valence-corrected chi connectivity index (χ0v) is 33.4. The summed E-state index contributed by atoms with van der Waals surface area (Å²) >= 11 is 1.46. The Kier molecular flexibility index (Phi) is 12.7. The van der Waals surface area contributed by atoms with Gasteiger partial charge in [0.1, 0.15) is 0 Å². The van der Waals surface area contributed by atoms with E-state index in [1.165, 1.54) is 83.9 Å². The molecule has 0 aliphatic heterocycles. The van der Waals surface area contributed by atoms with Crippen LogP contribution in [0.1, 0.15) is 92.2 Å². The summed E-state index contributed by atoms with van der Waals surface area (Å²) in [7, 11) is 0. The molecule has 1 unspecified atom stereocenters. The molecule has 1 atom stereocenters. The summed E-state index contributed by atoms with van der Waals surface area (Å²) in [6.07, 6.45) is 17.8. The molecule has 252 valence electrons. The predicted octanol–water partition coefficient (Wildman–Crippen LogP) is 5.40. The summed E-state index contributed by atoms with van der Waals surface area (Å²) in [5, 5.41) is 0. The first-order valence-electron chi connectivity index (χ1n) is 17.9. The molecule has 0 spiro atoms. The number of aryl methyl sites for hydroxylation is 2. The van der Waals surface area contributed by atoms with Crippen molar-refractivity contribution in [2.45, 2.75) is 79.1 Å². The molecule has 0 aromatic heterocycles. The van der Waals surface area contributed by atoms with E-state index in [0.717, 1.165) is 24.2 Å². The Morgan fingerprint density at radius 1 is 0.714 bits per heavy atom. The van der Waals surface area contributed by atoms with Crippen molar-refractivity contribution in [3.05, 3.63) is 154 Å². The maximum Gasteiger partial charge on any atom is -0.0253 e. The molecule has 0 saturated heterocycles. The SMILES string of the molecule is CC1=[C-]C(C)C=C1CC12CC3CC(CC(C3)C1)C2.Cc1ccc([C](=[Zr+2])c2ccc(C)cc2)cc1.[Cl-].[Cl-].[c-]1cccc2c1Cc1ccccc1-2. The Hall–Kier alpha value is -2.31. The van der Waals surface area contributed by atoms with Gasteiger partial charge in [0.2, 0.25) is 0 Å². The number of allylic oxidation sites excluding steroid dienone is 4. The van der Waals surface area contributed by atoms with Crippen LogP contribution in [-0.2, 0) is 30.7 Å². The fourth-order valence-electron chi connectivity index (χ4n) is 9.61. The summed E-state index contributed by atoms with van der Waals surface area (Å²) in [6.45, 7) is 8.79. The van der Waals surface area contributed by atoms with E-state index in [0.29, 0.717) is 11.3 Å². The predicted molar refractivity (Wildman–Crippen MR) is 194 cm³/mol. The molecule has 3 heteroatoms. The smallest absolute Gasteiger partial charge is 0.0253 e. The van der Waals surface area contributed by atoms with E-state index in [9.17, 15) is 0 Å².